The molecular weight excluding hydrogens is 368 g/mol. The summed E-state index contributed by atoms with van der Waals surface area (Å²) in [5, 5.41) is 6.37. The lowest BCUT2D eigenvalue weighted by Crippen LogP contribution is -2.47. The van der Waals surface area contributed by atoms with Gasteiger partial charge in [0.2, 0.25) is 0 Å². The number of rotatable bonds is 10. The van der Waals surface area contributed by atoms with Crippen molar-refractivity contribution in [2.45, 2.75) is 19.4 Å². The number of ether oxygens (including phenoxy) is 3. The third-order valence-electron chi connectivity index (χ3n) is 5.22. The van der Waals surface area contributed by atoms with E-state index in [9.17, 15) is 4.79 Å². The van der Waals surface area contributed by atoms with E-state index in [1.807, 2.05) is 54.6 Å². The molecular formula is C23H30N2O4. The molecule has 0 bridgehead atoms. The summed E-state index contributed by atoms with van der Waals surface area (Å²) in [5.74, 6) is 1.04. The van der Waals surface area contributed by atoms with Gasteiger partial charge in [0.05, 0.1) is 6.61 Å². The zero-order valence-electron chi connectivity index (χ0n) is 17.0. The van der Waals surface area contributed by atoms with Crippen LogP contribution in [-0.4, -0.2) is 45.9 Å². The summed E-state index contributed by atoms with van der Waals surface area (Å²) in [6.45, 7) is 3.53. The van der Waals surface area contributed by atoms with Gasteiger partial charge in [0, 0.05) is 19.1 Å². The number of hydrogen-bond donors (Lipinski definition) is 2. The van der Waals surface area contributed by atoms with E-state index in [0.29, 0.717) is 31.3 Å². The molecule has 2 N–H and O–H groups in total. The van der Waals surface area contributed by atoms with Crippen LogP contribution in [0.25, 0.3) is 0 Å². The maximum absolute atomic E-state index is 12.4. The van der Waals surface area contributed by atoms with Crippen LogP contribution in [0.1, 0.15) is 18.4 Å². The normalized spacial score (nSPS) is 15.5. The molecule has 6 heteroatoms. The fraction of sp³-hybridized carbons (Fsp3) is 0.435. The molecule has 1 saturated heterocycles. The lowest BCUT2D eigenvalue weighted by molar-refractivity contribution is -0.124. The summed E-state index contributed by atoms with van der Waals surface area (Å²) in [4.78, 5) is 12.4. The highest BCUT2D eigenvalue weighted by Gasteiger charge is 2.32. The van der Waals surface area contributed by atoms with Gasteiger partial charge in [0.25, 0.3) is 5.91 Å². The predicted molar refractivity (Wildman–Crippen MR) is 112 cm³/mol. The Morgan fingerprint density at radius 1 is 1.00 bits per heavy atom. The lowest BCUT2D eigenvalue weighted by Gasteiger charge is -2.37. The van der Waals surface area contributed by atoms with Crippen molar-refractivity contribution < 1.29 is 19.0 Å². The summed E-state index contributed by atoms with van der Waals surface area (Å²) in [7, 11) is 1.71. The van der Waals surface area contributed by atoms with Crippen molar-refractivity contribution in [2.24, 2.45) is 5.41 Å². The van der Waals surface area contributed by atoms with Gasteiger partial charge in [0.1, 0.15) is 6.61 Å². The van der Waals surface area contributed by atoms with Crippen LogP contribution in [0.15, 0.2) is 54.6 Å². The van der Waals surface area contributed by atoms with E-state index in [0.717, 1.165) is 31.5 Å². The van der Waals surface area contributed by atoms with Gasteiger partial charge in [-0.15, -0.1) is 0 Å². The molecule has 3 rings (SSSR count). The minimum Gasteiger partial charge on any atom is -0.485 e. The molecule has 156 valence electrons. The number of carbonyl (C=O) groups is 1. The Bertz CT molecular complexity index is 755. The maximum Gasteiger partial charge on any atom is 0.257 e. The number of benzene rings is 2. The molecule has 1 aliphatic rings. The molecule has 1 heterocycles. The Morgan fingerprint density at radius 3 is 2.34 bits per heavy atom. The van der Waals surface area contributed by atoms with Gasteiger partial charge in [-0.1, -0.05) is 42.5 Å². The van der Waals surface area contributed by atoms with Crippen molar-refractivity contribution in [3.8, 4) is 11.5 Å². The lowest BCUT2D eigenvalue weighted by atomic mass is 9.79. The Balaban J connectivity index is 1.49. The average molecular weight is 399 g/mol. The molecule has 29 heavy (non-hydrogen) atoms. The molecule has 0 aromatic heterocycles. The number of amides is 1. The topological polar surface area (TPSA) is 68.8 Å². The van der Waals surface area contributed by atoms with E-state index in [1.165, 1.54) is 0 Å². The van der Waals surface area contributed by atoms with Crippen LogP contribution in [0.2, 0.25) is 0 Å². The van der Waals surface area contributed by atoms with Crippen molar-refractivity contribution in [3.05, 3.63) is 60.2 Å². The molecule has 0 saturated carbocycles. The van der Waals surface area contributed by atoms with Crippen LogP contribution in [0.5, 0.6) is 11.5 Å². The predicted octanol–water partition coefficient (Wildman–Crippen LogP) is 2.78. The standard InChI is InChI=1S/C23H30N2O4/c1-27-18-23(11-13-24-14-12-23)17-25-22(26)16-29-21-10-6-5-9-20(21)28-15-19-7-3-2-4-8-19/h2-10,24H,11-18H2,1H3,(H,25,26). The van der Waals surface area contributed by atoms with Crippen LogP contribution in [-0.2, 0) is 16.1 Å². The fourth-order valence-corrected chi connectivity index (χ4v) is 3.54. The van der Waals surface area contributed by atoms with E-state index in [1.54, 1.807) is 7.11 Å². The van der Waals surface area contributed by atoms with Gasteiger partial charge in [-0.2, -0.15) is 0 Å². The Morgan fingerprint density at radius 2 is 1.66 bits per heavy atom. The molecule has 1 fully saturated rings. The maximum atomic E-state index is 12.4. The Labute approximate surface area is 172 Å². The van der Waals surface area contributed by atoms with Gasteiger partial charge in [-0.3, -0.25) is 4.79 Å². The van der Waals surface area contributed by atoms with Crippen molar-refractivity contribution in [2.75, 3.05) is 40.0 Å². The number of hydrogen-bond acceptors (Lipinski definition) is 5. The zero-order chi connectivity index (χ0) is 20.4. The van der Waals surface area contributed by atoms with Gasteiger partial charge in [-0.25, -0.2) is 0 Å². The molecule has 0 radical (unpaired) electrons. The van der Waals surface area contributed by atoms with E-state index in [-0.39, 0.29) is 17.9 Å². The first-order chi connectivity index (χ1) is 14.2. The molecule has 2 aromatic carbocycles. The molecule has 0 unspecified atom stereocenters. The second-order valence-corrected chi connectivity index (χ2v) is 7.47. The zero-order valence-corrected chi connectivity index (χ0v) is 17.0. The van der Waals surface area contributed by atoms with Crippen LogP contribution in [0.3, 0.4) is 0 Å². The van der Waals surface area contributed by atoms with E-state index < -0.39 is 0 Å². The number of piperidine rings is 1. The highest BCUT2D eigenvalue weighted by atomic mass is 16.5. The molecule has 2 aromatic rings. The van der Waals surface area contributed by atoms with Crippen molar-refractivity contribution in [1.29, 1.82) is 0 Å². The first-order valence-corrected chi connectivity index (χ1v) is 10.1. The largest absolute Gasteiger partial charge is 0.485 e. The van der Waals surface area contributed by atoms with Gasteiger partial charge >= 0.3 is 0 Å². The molecule has 1 aliphatic heterocycles. The van der Waals surface area contributed by atoms with E-state index in [4.69, 9.17) is 14.2 Å². The third-order valence-corrected chi connectivity index (χ3v) is 5.22. The number of nitrogens with one attached hydrogen (secondary N) is 2. The molecule has 0 aliphatic carbocycles. The van der Waals surface area contributed by atoms with Crippen LogP contribution in [0, 0.1) is 5.41 Å². The van der Waals surface area contributed by atoms with E-state index >= 15 is 0 Å². The van der Waals surface area contributed by atoms with Crippen molar-refractivity contribution in [1.82, 2.24) is 10.6 Å². The monoisotopic (exact) mass is 398 g/mol. The van der Waals surface area contributed by atoms with Crippen LogP contribution < -0.4 is 20.1 Å². The van der Waals surface area contributed by atoms with Crippen LogP contribution >= 0.6 is 0 Å². The van der Waals surface area contributed by atoms with Gasteiger partial charge < -0.3 is 24.8 Å². The minimum absolute atomic E-state index is 0.00758. The quantitative estimate of drug-likeness (QED) is 0.644. The first-order valence-electron chi connectivity index (χ1n) is 10.1. The van der Waals surface area contributed by atoms with Gasteiger partial charge in [0.15, 0.2) is 18.1 Å². The van der Waals surface area contributed by atoms with Crippen molar-refractivity contribution in [3.63, 3.8) is 0 Å². The smallest absolute Gasteiger partial charge is 0.257 e. The summed E-state index contributed by atoms with van der Waals surface area (Å²) in [6.07, 6.45) is 1.97. The van der Waals surface area contributed by atoms with Crippen molar-refractivity contribution >= 4 is 5.91 Å². The number of para-hydroxylation sites is 2. The number of methoxy groups -OCH3 is 1. The molecule has 6 nitrogen and oxygen atoms in total. The average Bonchev–Trinajstić information content (AvgIpc) is 2.77. The molecule has 0 atom stereocenters. The fourth-order valence-electron chi connectivity index (χ4n) is 3.54. The third kappa shape index (κ3) is 6.48. The van der Waals surface area contributed by atoms with Gasteiger partial charge in [-0.05, 0) is 43.6 Å². The summed E-state index contributed by atoms with van der Waals surface area (Å²) >= 11 is 0. The highest BCUT2D eigenvalue weighted by Crippen LogP contribution is 2.29. The Kier molecular flexibility index (Phi) is 7.90. The second kappa shape index (κ2) is 10.8. The summed E-state index contributed by atoms with van der Waals surface area (Å²) in [5.41, 5.74) is 1.07. The summed E-state index contributed by atoms with van der Waals surface area (Å²) < 4.78 is 17.0. The summed E-state index contributed by atoms with van der Waals surface area (Å²) in [6, 6.07) is 17.4. The van der Waals surface area contributed by atoms with E-state index in [2.05, 4.69) is 10.6 Å². The Hall–Kier alpha value is -2.57. The second-order valence-electron chi connectivity index (χ2n) is 7.47. The first kappa shape index (κ1) is 21.1. The minimum atomic E-state index is -0.142. The SMILES string of the molecule is COCC1(CNC(=O)COc2ccccc2OCc2ccccc2)CCNCC1. The molecule has 0 spiro atoms. The molecule has 1 amide bonds. The highest BCUT2D eigenvalue weighted by molar-refractivity contribution is 5.77. The van der Waals surface area contributed by atoms with Crippen LogP contribution in [0.4, 0.5) is 0 Å². The number of carbonyl (C=O) groups excluding carboxylic acids is 1.